The molecule has 3 fully saturated rings. The number of carbonyl (C=O) groups excluding carboxylic acids is 2. The van der Waals surface area contributed by atoms with Gasteiger partial charge in [-0.25, -0.2) is 0 Å². The molecule has 2 atom stereocenters. The third-order valence-corrected chi connectivity index (χ3v) is 5.03. The second-order valence-corrected chi connectivity index (χ2v) is 6.43. The fraction of sp³-hybridized carbons (Fsp3) is 0.867. The van der Waals surface area contributed by atoms with Crippen molar-refractivity contribution in [2.45, 2.75) is 69.6 Å². The lowest BCUT2D eigenvalue weighted by atomic mass is 9.78. The number of carbonyl (C=O) groups is 2. The molecule has 1 aliphatic carbocycles. The van der Waals surface area contributed by atoms with Crippen LogP contribution in [-0.2, 0) is 14.3 Å². The van der Waals surface area contributed by atoms with Crippen molar-refractivity contribution in [1.82, 2.24) is 10.2 Å². The zero-order valence-corrected chi connectivity index (χ0v) is 12.2. The maximum atomic E-state index is 12.4. The summed E-state index contributed by atoms with van der Waals surface area (Å²) in [5.74, 6) is 0.0949. The van der Waals surface area contributed by atoms with Crippen LogP contribution in [0.5, 0.6) is 0 Å². The molecule has 0 aromatic carbocycles. The van der Waals surface area contributed by atoms with Crippen molar-refractivity contribution in [3.8, 4) is 0 Å². The van der Waals surface area contributed by atoms with E-state index in [4.69, 9.17) is 4.74 Å². The molecule has 112 valence electrons. The predicted octanol–water partition coefficient (Wildman–Crippen LogP) is 1.22. The van der Waals surface area contributed by atoms with Crippen LogP contribution in [0.1, 0.15) is 51.9 Å². The van der Waals surface area contributed by atoms with Gasteiger partial charge in [0.15, 0.2) is 0 Å². The number of rotatable bonds is 2. The minimum absolute atomic E-state index is 0.0443. The van der Waals surface area contributed by atoms with Crippen LogP contribution < -0.4 is 5.32 Å². The Hall–Kier alpha value is -1.10. The lowest BCUT2D eigenvalue weighted by Crippen LogP contribution is -2.68. The van der Waals surface area contributed by atoms with E-state index >= 15 is 0 Å². The van der Waals surface area contributed by atoms with Gasteiger partial charge in [0.25, 0.3) is 0 Å². The van der Waals surface area contributed by atoms with Crippen LogP contribution in [0, 0.1) is 0 Å². The molecule has 20 heavy (non-hydrogen) atoms. The van der Waals surface area contributed by atoms with E-state index in [1.54, 1.807) is 0 Å². The van der Waals surface area contributed by atoms with Crippen LogP contribution in [0.3, 0.4) is 0 Å². The summed E-state index contributed by atoms with van der Waals surface area (Å²) in [4.78, 5) is 26.6. The molecule has 0 bridgehead atoms. The maximum Gasteiger partial charge on any atom is 0.246 e. The van der Waals surface area contributed by atoms with E-state index in [1.165, 1.54) is 0 Å². The van der Waals surface area contributed by atoms with Gasteiger partial charge in [-0.3, -0.25) is 9.59 Å². The molecule has 0 aromatic rings. The molecule has 1 spiro atoms. The minimum Gasteiger partial charge on any atom is -0.373 e. The Morgan fingerprint density at radius 1 is 1.25 bits per heavy atom. The summed E-state index contributed by atoms with van der Waals surface area (Å²) in [6, 6.07) is 0. The Labute approximate surface area is 120 Å². The molecule has 3 rings (SSSR count). The first-order chi connectivity index (χ1) is 9.62. The lowest BCUT2D eigenvalue weighted by molar-refractivity contribution is -0.158. The minimum atomic E-state index is -0.594. The van der Waals surface area contributed by atoms with Crippen LogP contribution >= 0.6 is 0 Å². The van der Waals surface area contributed by atoms with Gasteiger partial charge in [0.1, 0.15) is 5.54 Å². The average molecular weight is 280 g/mol. The van der Waals surface area contributed by atoms with Crippen molar-refractivity contribution in [3.63, 3.8) is 0 Å². The Kier molecular flexibility index (Phi) is 3.71. The molecule has 2 amide bonds. The number of ether oxygens (including phenoxy) is 1. The Morgan fingerprint density at radius 2 is 2.00 bits per heavy atom. The summed E-state index contributed by atoms with van der Waals surface area (Å²) < 4.78 is 5.86. The SMILES string of the molecule is CC1CCC(CN2C(=O)CNC(=O)C23CCCCC3)O1. The number of nitrogens with one attached hydrogen (secondary N) is 1. The number of piperazine rings is 1. The molecule has 2 saturated heterocycles. The van der Waals surface area contributed by atoms with Gasteiger partial charge in [-0.2, -0.15) is 0 Å². The molecule has 2 heterocycles. The van der Waals surface area contributed by atoms with E-state index in [9.17, 15) is 9.59 Å². The molecular weight excluding hydrogens is 256 g/mol. The van der Waals surface area contributed by atoms with E-state index in [1.807, 2.05) is 4.90 Å². The zero-order valence-electron chi connectivity index (χ0n) is 12.2. The van der Waals surface area contributed by atoms with Crippen molar-refractivity contribution in [2.24, 2.45) is 0 Å². The summed E-state index contributed by atoms with van der Waals surface area (Å²) in [5, 5.41) is 2.79. The van der Waals surface area contributed by atoms with Crippen LogP contribution in [0.15, 0.2) is 0 Å². The molecule has 3 aliphatic rings. The van der Waals surface area contributed by atoms with E-state index in [0.29, 0.717) is 6.54 Å². The summed E-state index contributed by atoms with van der Waals surface area (Å²) in [5.41, 5.74) is -0.594. The first-order valence-corrected chi connectivity index (χ1v) is 7.86. The highest BCUT2D eigenvalue weighted by Gasteiger charge is 2.50. The van der Waals surface area contributed by atoms with Gasteiger partial charge in [-0.15, -0.1) is 0 Å². The molecule has 0 radical (unpaired) electrons. The maximum absolute atomic E-state index is 12.4. The fourth-order valence-corrected chi connectivity index (χ4v) is 3.91. The van der Waals surface area contributed by atoms with Crippen LogP contribution in [-0.4, -0.2) is 47.6 Å². The summed E-state index contributed by atoms with van der Waals surface area (Å²) in [6.45, 7) is 2.79. The first-order valence-electron chi connectivity index (χ1n) is 7.86. The molecule has 0 aromatic heterocycles. The molecule has 2 aliphatic heterocycles. The van der Waals surface area contributed by atoms with Crippen molar-refractivity contribution in [3.05, 3.63) is 0 Å². The zero-order chi connectivity index (χ0) is 14.2. The molecule has 5 nitrogen and oxygen atoms in total. The second kappa shape index (κ2) is 5.35. The summed E-state index contributed by atoms with van der Waals surface area (Å²) >= 11 is 0. The van der Waals surface area contributed by atoms with E-state index in [2.05, 4.69) is 12.2 Å². The van der Waals surface area contributed by atoms with Crippen molar-refractivity contribution in [2.75, 3.05) is 13.1 Å². The summed E-state index contributed by atoms with van der Waals surface area (Å²) in [7, 11) is 0. The van der Waals surface area contributed by atoms with E-state index < -0.39 is 5.54 Å². The fourth-order valence-electron chi connectivity index (χ4n) is 3.91. The molecule has 2 unspecified atom stereocenters. The topological polar surface area (TPSA) is 58.6 Å². The summed E-state index contributed by atoms with van der Waals surface area (Å²) in [6.07, 6.45) is 7.22. The van der Waals surface area contributed by atoms with E-state index in [0.717, 1.165) is 44.9 Å². The van der Waals surface area contributed by atoms with Crippen molar-refractivity contribution < 1.29 is 14.3 Å². The Bertz CT molecular complexity index is 404. The molecule has 1 saturated carbocycles. The highest BCUT2D eigenvalue weighted by Crippen LogP contribution is 2.36. The van der Waals surface area contributed by atoms with Gasteiger partial charge in [0.2, 0.25) is 11.8 Å². The normalized spacial score (nSPS) is 33.5. The van der Waals surface area contributed by atoms with Gasteiger partial charge < -0.3 is 15.0 Å². The second-order valence-electron chi connectivity index (χ2n) is 6.43. The van der Waals surface area contributed by atoms with Crippen molar-refractivity contribution in [1.29, 1.82) is 0 Å². The smallest absolute Gasteiger partial charge is 0.246 e. The van der Waals surface area contributed by atoms with Crippen LogP contribution in [0.2, 0.25) is 0 Å². The van der Waals surface area contributed by atoms with Gasteiger partial charge in [-0.1, -0.05) is 19.3 Å². The number of nitrogens with zero attached hydrogens (tertiary/aromatic N) is 1. The standard InChI is InChI=1S/C15H24N2O3/c1-11-5-6-12(20-11)10-17-13(18)9-16-14(19)15(17)7-3-2-4-8-15/h11-12H,2-10H2,1H3,(H,16,19). The highest BCUT2D eigenvalue weighted by molar-refractivity contribution is 5.98. The quantitative estimate of drug-likeness (QED) is 0.827. The van der Waals surface area contributed by atoms with Crippen LogP contribution in [0.25, 0.3) is 0 Å². The molecule has 5 heteroatoms. The number of amides is 2. The number of hydrogen-bond acceptors (Lipinski definition) is 3. The van der Waals surface area contributed by atoms with Crippen LogP contribution in [0.4, 0.5) is 0 Å². The Morgan fingerprint density at radius 3 is 2.65 bits per heavy atom. The first kappa shape index (κ1) is 13.9. The molecule has 1 N–H and O–H groups in total. The van der Waals surface area contributed by atoms with E-state index in [-0.39, 0.29) is 30.6 Å². The average Bonchev–Trinajstić information content (AvgIpc) is 2.86. The van der Waals surface area contributed by atoms with Gasteiger partial charge in [-0.05, 0) is 32.6 Å². The van der Waals surface area contributed by atoms with Gasteiger partial charge in [0, 0.05) is 6.54 Å². The monoisotopic (exact) mass is 280 g/mol. The highest BCUT2D eigenvalue weighted by atomic mass is 16.5. The van der Waals surface area contributed by atoms with Gasteiger partial charge >= 0.3 is 0 Å². The van der Waals surface area contributed by atoms with Crippen molar-refractivity contribution >= 4 is 11.8 Å². The number of hydrogen-bond donors (Lipinski definition) is 1. The largest absolute Gasteiger partial charge is 0.373 e. The third kappa shape index (κ3) is 2.32. The Balaban J connectivity index is 1.79. The van der Waals surface area contributed by atoms with Gasteiger partial charge in [0.05, 0.1) is 18.8 Å². The third-order valence-electron chi connectivity index (χ3n) is 5.03. The predicted molar refractivity (Wildman–Crippen MR) is 74.1 cm³/mol. The lowest BCUT2D eigenvalue weighted by Gasteiger charge is -2.48. The molecular formula is C15H24N2O3.